The van der Waals surface area contributed by atoms with Crippen molar-refractivity contribution >= 4 is 15.9 Å². The predicted octanol–water partition coefficient (Wildman–Crippen LogP) is 3.85. The minimum atomic E-state index is -0.622. The van der Waals surface area contributed by atoms with E-state index >= 15 is 0 Å². The molecule has 0 aliphatic carbocycles. The standard InChI is InChI=1S/C15H16BrNO/c1-9-4-13(8-17-7-9)15(18)12-5-10(2)14(16)11(3)6-12/h4-8,15,18H,1-3H3. The van der Waals surface area contributed by atoms with Crippen molar-refractivity contribution in [3.63, 3.8) is 0 Å². The van der Waals surface area contributed by atoms with Gasteiger partial charge in [-0.3, -0.25) is 4.98 Å². The molecule has 1 aromatic carbocycles. The van der Waals surface area contributed by atoms with Crippen molar-refractivity contribution in [2.45, 2.75) is 26.9 Å². The van der Waals surface area contributed by atoms with Crippen LogP contribution in [0.2, 0.25) is 0 Å². The van der Waals surface area contributed by atoms with E-state index in [1.807, 2.05) is 39.0 Å². The van der Waals surface area contributed by atoms with Crippen LogP contribution in [0.15, 0.2) is 35.1 Å². The van der Waals surface area contributed by atoms with E-state index in [1.165, 1.54) is 0 Å². The van der Waals surface area contributed by atoms with Crippen molar-refractivity contribution < 1.29 is 5.11 Å². The SMILES string of the molecule is Cc1cncc(C(O)c2cc(C)c(Br)c(C)c2)c1. The Morgan fingerprint density at radius 2 is 1.61 bits per heavy atom. The molecule has 3 heteroatoms. The Bertz CT molecular complexity index is 557. The number of hydrogen-bond donors (Lipinski definition) is 1. The van der Waals surface area contributed by atoms with Gasteiger partial charge in [0.2, 0.25) is 0 Å². The van der Waals surface area contributed by atoms with Crippen LogP contribution in [0, 0.1) is 20.8 Å². The van der Waals surface area contributed by atoms with E-state index in [1.54, 1.807) is 12.4 Å². The lowest BCUT2D eigenvalue weighted by Gasteiger charge is -2.14. The molecule has 0 amide bonds. The number of nitrogens with zero attached hydrogens (tertiary/aromatic N) is 1. The fourth-order valence-electron chi connectivity index (χ4n) is 2.06. The molecule has 0 fully saturated rings. The molecule has 1 atom stereocenters. The number of aliphatic hydroxyl groups excluding tert-OH is 1. The minimum absolute atomic E-state index is 0.622. The van der Waals surface area contributed by atoms with Gasteiger partial charge in [0.1, 0.15) is 6.10 Å². The van der Waals surface area contributed by atoms with E-state index in [2.05, 4.69) is 20.9 Å². The van der Waals surface area contributed by atoms with E-state index in [9.17, 15) is 5.11 Å². The first-order valence-corrected chi connectivity index (χ1v) is 6.64. The van der Waals surface area contributed by atoms with Gasteiger partial charge in [0.25, 0.3) is 0 Å². The van der Waals surface area contributed by atoms with E-state index < -0.39 is 6.10 Å². The van der Waals surface area contributed by atoms with Crippen molar-refractivity contribution in [3.05, 3.63) is 62.9 Å². The number of pyridine rings is 1. The van der Waals surface area contributed by atoms with Gasteiger partial charge in [-0.05, 0) is 43.0 Å². The van der Waals surface area contributed by atoms with Crippen molar-refractivity contribution in [1.82, 2.24) is 4.98 Å². The summed E-state index contributed by atoms with van der Waals surface area (Å²) in [5.41, 5.74) is 5.04. The summed E-state index contributed by atoms with van der Waals surface area (Å²) in [7, 11) is 0. The zero-order valence-electron chi connectivity index (χ0n) is 10.7. The van der Waals surface area contributed by atoms with E-state index in [-0.39, 0.29) is 0 Å². The second-order valence-electron chi connectivity index (χ2n) is 4.67. The zero-order valence-corrected chi connectivity index (χ0v) is 12.3. The lowest BCUT2D eigenvalue weighted by molar-refractivity contribution is 0.219. The van der Waals surface area contributed by atoms with Crippen LogP contribution in [0.1, 0.15) is 33.9 Å². The van der Waals surface area contributed by atoms with Crippen LogP contribution in [0.3, 0.4) is 0 Å². The topological polar surface area (TPSA) is 33.1 Å². The highest BCUT2D eigenvalue weighted by molar-refractivity contribution is 9.10. The molecule has 94 valence electrons. The van der Waals surface area contributed by atoms with Crippen LogP contribution in [0.4, 0.5) is 0 Å². The third-order valence-corrected chi connectivity index (χ3v) is 4.24. The molecule has 0 aliphatic heterocycles. The lowest BCUT2D eigenvalue weighted by atomic mass is 9.98. The highest BCUT2D eigenvalue weighted by atomic mass is 79.9. The Labute approximate surface area is 116 Å². The largest absolute Gasteiger partial charge is 0.384 e. The molecule has 1 aromatic heterocycles. The van der Waals surface area contributed by atoms with Gasteiger partial charge in [0, 0.05) is 22.4 Å². The van der Waals surface area contributed by atoms with Crippen LogP contribution >= 0.6 is 15.9 Å². The first-order chi connectivity index (χ1) is 8.49. The number of aromatic nitrogens is 1. The van der Waals surface area contributed by atoms with Crippen molar-refractivity contribution in [2.24, 2.45) is 0 Å². The lowest BCUT2D eigenvalue weighted by Crippen LogP contribution is -2.02. The van der Waals surface area contributed by atoms with Gasteiger partial charge in [0.15, 0.2) is 0 Å². The Hall–Kier alpha value is -1.19. The molecule has 1 unspecified atom stereocenters. The van der Waals surface area contributed by atoms with Gasteiger partial charge < -0.3 is 5.11 Å². The summed E-state index contributed by atoms with van der Waals surface area (Å²) in [5, 5.41) is 10.4. The summed E-state index contributed by atoms with van der Waals surface area (Å²) < 4.78 is 1.10. The summed E-state index contributed by atoms with van der Waals surface area (Å²) in [4.78, 5) is 4.12. The summed E-state index contributed by atoms with van der Waals surface area (Å²) in [6, 6.07) is 5.97. The quantitative estimate of drug-likeness (QED) is 0.914. The highest BCUT2D eigenvalue weighted by Crippen LogP contribution is 2.28. The first-order valence-electron chi connectivity index (χ1n) is 5.85. The number of hydrogen-bond acceptors (Lipinski definition) is 2. The minimum Gasteiger partial charge on any atom is -0.384 e. The third-order valence-electron chi connectivity index (χ3n) is 2.99. The maximum atomic E-state index is 10.4. The van der Waals surface area contributed by atoms with Gasteiger partial charge >= 0.3 is 0 Å². The predicted molar refractivity (Wildman–Crippen MR) is 76.7 cm³/mol. The van der Waals surface area contributed by atoms with Gasteiger partial charge in [-0.15, -0.1) is 0 Å². The number of halogens is 1. The van der Waals surface area contributed by atoms with Crippen LogP contribution in [0.25, 0.3) is 0 Å². The van der Waals surface area contributed by atoms with E-state index in [4.69, 9.17) is 0 Å². The molecule has 0 saturated heterocycles. The molecule has 2 aromatic rings. The molecule has 0 bridgehead atoms. The fourth-order valence-corrected chi connectivity index (χ4v) is 2.29. The van der Waals surface area contributed by atoms with Crippen molar-refractivity contribution in [3.8, 4) is 0 Å². The maximum Gasteiger partial charge on any atom is 0.106 e. The van der Waals surface area contributed by atoms with Gasteiger partial charge in [0.05, 0.1) is 0 Å². The third kappa shape index (κ3) is 2.62. The Morgan fingerprint density at radius 3 is 2.17 bits per heavy atom. The second kappa shape index (κ2) is 5.21. The Balaban J connectivity index is 2.43. The molecule has 0 saturated carbocycles. The monoisotopic (exact) mass is 305 g/mol. The molecule has 2 nitrogen and oxygen atoms in total. The highest BCUT2D eigenvalue weighted by Gasteiger charge is 2.13. The normalized spacial score (nSPS) is 12.5. The fraction of sp³-hybridized carbons (Fsp3) is 0.267. The molecule has 1 heterocycles. The summed E-state index contributed by atoms with van der Waals surface area (Å²) >= 11 is 3.54. The van der Waals surface area contributed by atoms with Gasteiger partial charge in [-0.1, -0.05) is 34.1 Å². The van der Waals surface area contributed by atoms with Crippen molar-refractivity contribution in [2.75, 3.05) is 0 Å². The zero-order chi connectivity index (χ0) is 13.3. The second-order valence-corrected chi connectivity index (χ2v) is 5.46. The first kappa shape index (κ1) is 13.2. The van der Waals surface area contributed by atoms with Crippen LogP contribution in [-0.2, 0) is 0 Å². The van der Waals surface area contributed by atoms with E-state index in [0.717, 1.165) is 32.3 Å². The Morgan fingerprint density at radius 1 is 1.00 bits per heavy atom. The Kier molecular flexibility index (Phi) is 3.83. The summed E-state index contributed by atoms with van der Waals surface area (Å²) in [5.74, 6) is 0. The smallest absolute Gasteiger partial charge is 0.106 e. The molecule has 18 heavy (non-hydrogen) atoms. The molecular formula is C15H16BrNO. The number of rotatable bonds is 2. The van der Waals surface area contributed by atoms with Crippen LogP contribution in [0.5, 0.6) is 0 Å². The number of aryl methyl sites for hydroxylation is 3. The van der Waals surface area contributed by atoms with Crippen LogP contribution < -0.4 is 0 Å². The van der Waals surface area contributed by atoms with E-state index in [0.29, 0.717) is 0 Å². The molecule has 2 rings (SSSR count). The average Bonchev–Trinajstić information content (AvgIpc) is 2.34. The molecule has 1 N–H and O–H groups in total. The summed E-state index contributed by atoms with van der Waals surface area (Å²) in [6.45, 7) is 6.03. The van der Waals surface area contributed by atoms with Crippen LogP contribution in [-0.4, -0.2) is 10.1 Å². The summed E-state index contributed by atoms with van der Waals surface area (Å²) in [6.07, 6.45) is 2.88. The molecular weight excluding hydrogens is 290 g/mol. The number of benzene rings is 1. The molecule has 0 aliphatic rings. The average molecular weight is 306 g/mol. The number of aliphatic hydroxyl groups is 1. The molecule has 0 spiro atoms. The molecule has 0 radical (unpaired) electrons. The maximum absolute atomic E-state index is 10.4. The van der Waals surface area contributed by atoms with Gasteiger partial charge in [-0.25, -0.2) is 0 Å². The van der Waals surface area contributed by atoms with Gasteiger partial charge in [-0.2, -0.15) is 0 Å². The van der Waals surface area contributed by atoms with Crippen molar-refractivity contribution in [1.29, 1.82) is 0 Å².